The Morgan fingerprint density at radius 2 is 1.91 bits per heavy atom. The van der Waals surface area contributed by atoms with Gasteiger partial charge in [0.05, 0.1) is 23.6 Å². The minimum absolute atomic E-state index is 0.155. The van der Waals surface area contributed by atoms with Crippen molar-refractivity contribution in [2.45, 2.75) is 32.3 Å². The molecule has 0 aromatic heterocycles. The molecule has 11 heteroatoms. The van der Waals surface area contributed by atoms with Crippen LogP contribution in [0.2, 0.25) is 0 Å². The summed E-state index contributed by atoms with van der Waals surface area (Å²) in [6.07, 6.45) is 0.399. The van der Waals surface area contributed by atoms with E-state index in [1.165, 1.54) is 24.3 Å². The van der Waals surface area contributed by atoms with E-state index in [1.54, 1.807) is 12.1 Å². The van der Waals surface area contributed by atoms with Crippen molar-refractivity contribution in [1.82, 2.24) is 0 Å². The van der Waals surface area contributed by atoms with Gasteiger partial charge in [0.1, 0.15) is 0 Å². The highest BCUT2D eigenvalue weighted by Crippen LogP contribution is 2.52. The van der Waals surface area contributed by atoms with Crippen molar-refractivity contribution >= 4 is 37.2 Å². The summed E-state index contributed by atoms with van der Waals surface area (Å²) in [6.45, 7) is 1.92. The molecule has 0 saturated carbocycles. The molecule has 2 saturated heterocycles. The number of fused-ring (bicyclic) bond motifs is 3. The maximum absolute atomic E-state index is 14.0. The van der Waals surface area contributed by atoms with Crippen LogP contribution in [-0.4, -0.2) is 46.2 Å². The fourth-order valence-electron chi connectivity index (χ4n) is 5.77. The molecular weight excluding hydrogens is 455 g/mol. The molecule has 0 spiro atoms. The maximum atomic E-state index is 14.0. The van der Waals surface area contributed by atoms with Gasteiger partial charge in [-0.25, -0.2) is 4.39 Å². The molecule has 8 nitrogen and oxygen atoms in total. The first-order valence-corrected chi connectivity index (χ1v) is 11.6. The van der Waals surface area contributed by atoms with E-state index in [2.05, 4.69) is 0 Å². The zero-order chi connectivity index (χ0) is 25.0. The van der Waals surface area contributed by atoms with Crippen LogP contribution in [0.4, 0.5) is 10.1 Å². The van der Waals surface area contributed by atoms with Crippen molar-refractivity contribution in [2.24, 2.45) is 17.8 Å². The van der Waals surface area contributed by atoms with Crippen LogP contribution in [0.5, 0.6) is 5.75 Å². The number of halogens is 1. The molecule has 1 aliphatic carbocycles. The van der Waals surface area contributed by atoms with Gasteiger partial charge in [0, 0.05) is 0 Å². The summed E-state index contributed by atoms with van der Waals surface area (Å²) < 4.78 is 19.8. The average Bonchev–Trinajstić information content (AvgIpc) is 3.09. The lowest BCUT2D eigenvalue weighted by molar-refractivity contribution is -0.123. The third-order valence-corrected chi connectivity index (χ3v) is 7.41. The van der Waals surface area contributed by atoms with Crippen molar-refractivity contribution in [2.75, 3.05) is 4.90 Å². The number of imide groups is 1. The summed E-state index contributed by atoms with van der Waals surface area (Å²) in [5.74, 6) is -3.98. The van der Waals surface area contributed by atoms with Crippen LogP contribution in [0, 0.1) is 23.6 Å². The highest BCUT2D eigenvalue weighted by Gasteiger charge is 2.58. The predicted octanol–water partition coefficient (Wildman–Crippen LogP) is 1.22. The van der Waals surface area contributed by atoms with Crippen LogP contribution in [0.3, 0.4) is 0 Å². The van der Waals surface area contributed by atoms with Gasteiger partial charge in [0.25, 0.3) is 0 Å². The first-order chi connectivity index (χ1) is 16.7. The lowest BCUT2D eigenvalue weighted by Crippen LogP contribution is -2.44. The van der Waals surface area contributed by atoms with Crippen LogP contribution in [0.1, 0.15) is 37.9 Å². The van der Waals surface area contributed by atoms with Gasteiger partial charge < -0.3 is 24.8 Å². The first kappa shape index (κ1) is 23.7. The third kappa shape index (κ3) is 3.88. The van der Waals surface area contributed by atoms with Crippen LogP contribution in [0.25, 0.3) is 0 Å². The minimum Gasteiger partial charge on any atom is -0.505 e. The number of phenols is 1. The highest BCUT2D eigenvalue weighted by molar-refractivity contribution is 6.58. The summed E-state index contributed by atoms with van der Waals surface area (Å²) in [6, 6.07) is 9.84. The van der Waals surface area contributed by atoms with Gasteiger partial charge in [-0.2, -0.15) is 0 Å². The lowest BCUT2D eigenvalue weighted by Gasteiger charge is -2.42. The van der Waals surface area contributed by atoms with Gasteiger partial charge in [-0.05, 0) is 65.9 Å². The Morgan fingerprint density at radius 3 is 2.60 bits per heavy atom. The summed E-state index contributed by atoms with van der Waals surface area (Å²) >= 11 is 0. The van der Waals surface area contributed by atoms with Crippen LogP contribution >= 0.6 is 0 Å². The number of aromatic hydroxyl groups is 1. The van der Waals surface area contributed by atoms with Gasteiger partial charge in [-0.3, -0.25) is 14.5 Å². The molecule has 180 valence electrons. The summed E-state index contributed by atoms with van der Waals surface area (Å²) in [5, 5.41) is 39.5. The normalized spacial score (nSPS) is 26.2. The fourth-order valence-corrected chi connectivity index (χ4v) is 5.77. The second-order valence-corrected chi connectivity index (χ2v) is 9.26. The molecule has 0 bridgehead atoms. The molecule has 3 aliphatic rings. The van der Waals surface area contributed by atoms with Crippen LogP contribution in [-0.2, 0) is 14.2 Å². The molecule has 4 atom stereocenters. The highest BCUT2D eigenvalue weighted by atomic mass is 19.1. The summed E-state index contributed by atoms with van der Waals surface area (Å²) in [4.78, 5) is 28.2. The Labute approximate surface area is 201 Å². The topological polar surface area (TPSA) is 128 Å². The third-order valence-electron chi connectivity index (χ3n) is 7.41. The van der Waals surface area contributed by atoms with Gasteiger partial charge in [-0.15, -0.1) is 0 Å². The Kier molecular flexibility index (Phi) is 6.04. The van der Waals surface area contributed by atoms with Crippen molar-refractivity contribution in [1.29, 1.82) is 0 Å². The van der Waals surface area contributed by atoms with Gasteiger partial charge in [0.2, 0.25) is 11.8 Å². The number of amides is 2. The number of allylic oxidation sites excluding steroid dienone is 2. The lowest BCUT2D eigenvalue weighted by atomic mass is 9.55. The van der Waals surface area contributed by atoms with E-state index in [0.717, 1.165) is 16.5 Å². The molecular formula is C24H24B2FNO7. The Balaban J connectivity index is 1.53. The molecule has 0 unspecified atom stereocenters. The molecule has 2 aromatic rings. The molecule has 5 rings (SSSR count). The number of anilines is 1. The van der Waals surface area contributed by atoms with Crippen molar-refractivity contribution in [3.05, 3.63) is 64.9 Å². The average molecular weight is 479 g/mol. The van der Waals surface area contributed by atoms with E-state index in [4.69, 9.17) is 4.65 Å². The Morgan fingerprint density at radius 1 is 1.14 bits per heavy atom. The SMILES string of the molecule is CCC1=C2B(O)O[C@H](c3ccc(O)c(F)c3)C[C@H]2[C@H]2C(=O)N(c3cccc(B(O)O)c3)C(=O)[C@H]2C1. The molecule has 35 heavy (non-hydrogen) atoms. The second-order valence-electron chi connectivity index (χ2n) is 9.26. The molecule has 0 radical (unpaired) electrons. The van der Waals surface area contributed by atoms with E-state index in [-0.39, 0.29) is 23.5 Å². The number of nitrogens with zero attached hydrogens (tertiary/aromatic N) is 1. The fraction of sp³-hybridized carbons (Fsp3) is 0.333. The van der Waals surface area contributed by atoms with Gasteiger partial charge >= 0.3 is 14.2 Å². The molecule has 2 aliphatic heterocycles. The smallest absolute Gasteiger partial charge is 0.488 e. The quantitative estimate of drug-likeness (QED) is 0.384. The minimum atomic E-state index is -1.75. The molecule has 2 amide bonds. The number of hydrogen-bond donors (Lipinski definition) is 4. The van der Waals surface area contributed by atoms with E-state index >= 15 is 0 Å². The van der Waals surface area contributed by atoms with Crippen LogP contribution < -0.4 is 10.4 Å². The number of carbonyl (C=O) groups is 2. The number of hydrogen-bond acceptors (Lipinski definition) is 7. The van der Waals surface area contributed by atoms with Crippen molar-refractivity contribution < 1.29 is 38.8 Å². The van der Waals surface area contributed by atoms with Gasteiger partial charge in [-0.1, -0.05) is 30.7 Å². The summed E-state index contributed by atoms with van der Waals surface area (Å²) in [7, 11) is -3.06. The summed E-state index contributed by atoms with van der Waals surface area (Å²) in [5.41, 5.74) is 2.29. The molecule has 4 N–H and O–H groups in total. The predicted molar refractivity (Wildman–Crippen MR) is 126 cm³/mol. The maximum Gasteiger partial charge on any atom is 0.488 e. The van der Waals surface area contributed by atoms with E-state index < -0.39 is 55.6 Å². The number of rotatable bonds is 4. The molecule has 2 fully saturated rings. The van der Waals surface area contributed by atoms with E-state index in [9.17, 15) is 34.2 Å². The standard InChI is InChI=1S/C24H24B2FNO7/c1-2-12-8-17-21(24(31)28(23(17)30)15-5-3-4-14(10-15)25(32)33)16-11-20(35-26(34)22(12)16)13-6-7-19(29)18(27)9-13/h3-7,9-10,16-17,20-21,29,32-34H,2,8,11H2,1H3/t16-,17-,20-,21+/m0/s1. The molecule has 2 aromatic carbocycles. The monoisotopic (exact) mass is 479 g/mol. The first-order valence-electron chi connectivity index (χ1n) is 11.6. The zero-order valence-electron chi connectivity index (χ0n) is 19.0. The van der Waals surface area contributed by atoms with Crippen molar-refractivity contribution in [3.63, 3.8) is 0 Å². The van der Waals surface area contributed by atoms with Crippen molar-refractivity contribution in [3.8, 4) is 5.75 Å². The van der Waals surface area contributed by atoms with E-state index in [0.29, 0.717) is 23.9 Å². The Hall–Kier alpha value is -2.98. The Bertz CT molecular complexity index is 1240. The zero-order valence-corrected chi connectivity index (χ0v) is 19.0. The van der Waals surface area contributed by atoms with Gasteiger partial charge in [0.15, 0.2) is 11.6 Å². The number of phenolic OH excluding ortho intramolecular Hbond substituents is 1. The van der Waals surface area contributed by atoms with E-state index in [1.807, 2.05) is 6.92 Å². The molecule has 2 heterocycles. The van der Waals surface area contributed by atoms with Crippen LogP contribution in [0.15, 0.2) is 53.5 Å². The largest absolute Gasteiger partial charge is 0.505 e. The number of carbonyl (C=O) groups excluding carboxylic acids is 2. The number of benzene rings is 2. The second kappa shape index (κ2) is 8.91.